The Morgan fingerprint density at radius 1 is 0.919 bits per heavy atom. The summed E-state index contributed by atoms with van der Waals surface area (Å²) in [7, 11) is 0. The lowest BCUT2D eigenvalue weighted by Crippen LogP contribution is -2.41. The van der Waals surface area contributed by atoms with E-state index < -0.39 is 29.8 Å². The summed E-state index contributed by atoms with van der Waals surface area (Å²) < 4.78 is 11.4. The number of hydrogen-bond donors (Lipinski definition) is 2. The lowest BCUT2D eigenvalue weighted by molar-refractivity contribution is -0.130. The Balaban J connectivity index is 1.27. The van der Waals surface area contributed by atoms with Crippen molar-refractivity contribution in [3.05, 3.63) is 89.5 Å². The largest absolute Gasteiger partial charge is 0.490 e. The first-order valence-electron chi connectivity index (χ1n) is 11.9. The molecule has 188 valence electrons. The smallest absolute Gasteiger partial charge is 0.325 e. The van der Waals surface area contributed by atoms with Crippen LogP contribution < -0.4 is 20.1 Å². The molecule has 3 aromatic carbocycles. The van der Waals surface area contributed by atoms with Gasteiger partial charge in [0.25, 0.3) is 11.8 Å². The topological polar surface area (TPSA) is 114 Å². The Bertz CT molecular complexity index is 1370. The van der Waals surface area contributed by atoms with Crippen LogP contribution in [0.25, 0.3) is 0 Å². The fourth-order valence-electron chi connectivity index (χ4n) is 4.28. The van der Waals surface area contributed by atoms with Gasteiger partial charge in [-0.1, -0.05) is 24.3 Å². The summed E-state index contributed by atoms with van der Waals surface area (Å²) in [5.74, 6) is -0.128. The van der Waals surface area contributed by atoms with Gasteiger partial charge in [-0.2, -0.15) is 0 Å². The molecule has 0 spiro atoms. The fourth-order valence-corrected chi connectivity index (χ4v) is 4.28. The van der Waals surface area contributed by atoms with Gasteiger partial charge in [0.2, 0.25) is 0 Å². The molecule has 2 aliphatic heterocycles. The quantitative estimate of drug-likeness (QED) is 0.395. The van der Waals surface area contributed by atoms with Crippen LogP contribution in [0.15, 0.2) is 72.8 Å². The number of amides is 4. The summed E-state index contributed by atoms with van der Waals surface area (Å²) in [6.45, 7) is 2.21. The highest BCUT2D eigenvalue weighted by Gasteiger charge is 2.49. The molecule has 1 atom stereocenters. The summed E-state index contributed by atoms with van der Waals surface area (Å²) >= 11 is 0. The molecule has 0 unspecified atom stereocenters. The Morgan fingerprint density at radius 2 is 1.62 bits per heavy atom. The normalized spacial score (nSPS) is 18.7. The first-order valence-corrected chi connectivity index (χ1v) is 11.9. The number of urea groups is 1. The van der Waals surface area contributed by atoms with Crippen molar-refractivity contribution in [3.63, 3.8) is 0 Å². The van der Waals surface area contributed by atoms with Crippen molar-refractivity contribution in [1.82, 2.24) is 10.2 Å². The van der Waals surface area contributed by atoms with Crippen LogP contribution in [0, 0.1) is 0 Å². The maximum atomic E-state index is 13.3. The van der Waals surface area contributed by atoms with Crippen molar-refractivity contribution in [2.45, 2.75) is 18.9 Å². The number of fused-ring (bicyclic) bond motifs is 1. The number of nitrogens with zero attached hydrogens (tertiary/aromatic N) is 1. The van der Waals surface area contributed by atoms with Crippen molar-refractivity contribution in [2.24, 2.45) is 0 Å². The second-order valence-electron chi connectivity index (χ2n) is 8.98. The van der Waals surface area contributed by atoms with E-state index in [1.165, 1.54) is 0 Å². The van der Waals surface area contributed by atoms with Crippen LogP contribution in [-0.4, -0.2) is 48.3 Å². The van der Waals surface area contributed by atoms with E-state index in [0.717, 1.165) is 11.3 Å². The standard InChI is InChI=1S/C28H25N3O6/c1-28(20-10-13-23-24(16-20)37-15-5-14-36-23)26(34)31(27(35)30-28)17-22(32)18-8-11-21(12-9-18)29-25(33)19-6-3-2-4-7-19/h2-4,6-13,16H,5,14-15,17H2,1H3,(H,29,33)(H,30,35)/t28-/m1/s1. The summed E-state index contributed by atoms with van der Waals surface area (Å²) in [4.78, 5) is 52.2. The van der Waals surface area contributed by atoms with E-state index in [1.807, 2.05) is 6.07 Å². The van der Waals surface area contributed by atoms with E-state index in [2.05, 4.69) is 10.6 Å². The minimum absolute atomic E-state index is 0.270. The van der Waals surface area contributed by atoms with Crippen molar-refractivity contribution < 1.29 is 28.7 Å². The predicted molar refractivity (Wildman–Crippen MR) is 135 cm³/mol. The van der Waals surface area contributed by atoms with E-state index in [9.17, 15) is 19.2 Å². The van der Waals surface area contributed by atoms with Gasteiger partial charge in [-0.05, 0) is 61.0 Å². The van der Waals surface area contributed by atoms with Crippen molar-refractivity contribution >= 4 is 29.3 Å². The maximum Gasteiger partial charge on any atom is 0.325 e. The highest BCUT2D eigenvalue weighted by Crippen LogP contribution is 2.36. The number of carbonyl (C=O) groups excluding carboxylic acids is 4. The summed E-state index contributed by atoms with van der Waals surface area (Å²) in [5.41, 5.74) is 0.513. The van der Waals surface area contributed by atoms with E-state index in [0.29, 0.717) is 47.1 Å². The van der Waals surface area contributed by atoms with Gasteiger partial charge in [-0.3, -0.25) is 19.3 Å². The molecule has 3 aromatic rings. The molecule has 2 aliphatic rings. The summed E-state index contributed by atoms with van der Waals surface area (Å²) in [6, 6.07) is 19.5. The number of Topliss-reactive ketones (excluding diaryl/α,β-unsaturated/α-hetero) is 1. The van der Waals surface area contributed by atoms with Crippen LogP contribution in [0.5, 0.6) is 11.5 Å². The van der Waals surface area contributed by atoms with Gasteiger partial charge < -0.3 is 20.1 Å². The molecule has 0 aliphatic carbocycles. The van der Waals surface area contributed by atoms with Gasteiger partial charge >= 0.3 is 6.03 Å². The maximum absolute atomic E-state index is 13.3. The minimum Gasteiger partial charge on any atom is -0.490 e. The van der Waals surface area contributed by atoms with Gasteiger partial charge in [0.05, 0.1) is 19.8 Å². The first kappa shape index (κ1) is 24.1. The Labute approximate surface area is 213 Å². The molecule has 0 bridgehead atoms. The third kappa shape index (κ3) is 4.75. The van der Waals surface area contributed by atoms with Crippen LogP contribution >= 0.6 is 0 Å². The van der Waals surface area contributed by atoms with Crippen LogP contribution in [0.3, 0.4) is 0 Å². The van der Waals surface area contributed by atoms with Crippen LogP contribution in [0.2, 0.25) is 0 Å². The number of anilines is 1. The Morgan fingerprint density at radius 3 is 2.35 bits per heavy atom. The lowest BCUT2D eigenvalue weighted by Gasteiger charge is -2.23. The van der Waals surface area contributed by atoms with Gasteiger partial charge in [0.1, 0.15) is 5.54 Å². The number of rotatable bonds is 6. The monoisotopic (exact) mass is 499 g/mol. The van der Waals surface area contributed by atoms with Gasteiger partial charge in [0, 0.05) is 23.2 Å². The van der Waals surface area contributed by atoms with Gasteiger partial charge in [-0.25, -0.2) is 4.79 Å². The number of ether oxygens (including phenoxy) is 2. The number of ketones is 1. The highest BCUT2D eigenvalue weighted by molar-refractivity contribution is 6.11. The Hall–Kier alpha value is -4.66. The lowest BCUT2D eigenvalue weighted by atomic mass is 9.91. The van der Waals surface area contributed by atoms with Crippen LogP contribution in [-0.2, 0) is 10.3 Å². The molecule has 0 aromatic heterocycles. The molecule has 9 nitrogen and oxygen atoms in total. The van der Waals surface area contributed by atoms with Crippen molar-refractivity contribution in [3.8, 4) is 11.5 Å². The van der Waals surface area contributed by atoms with E-state index in [-0.39, 0.29) is 5.91 Å². The molecular formula is C28H25N3O6. The summed E-state index contributed by atoms with van der Waals surface area (Å²) in [5, 5.41) is 5.48. The van der Waals surface area contributed by atoms with Gasteiger partial charge in [-0.15, -0.1) is 0 Å². The highest BCUT2D eigenvalue weighted by atomic mass is 16.5. The third-order valence-corrected chi connectivity index (χ3v) is 6.40. The minimum atomic E-state index is -1.35. The molecule has 2 N–H and O–H groups in total. The van der Waals surface area contributed by atoms with Crippen LogP contribution in [0.4, 0.5) is 10.5 Å². The van der Waals surface area contributed by atoms with Gasteiger partial charge in [0.15, 0.2) is 17.3 Å². The zero-order valence-electron chi connectivity index (χ0n) is 20.2. The molecular weight excluding hydrogens is 474 g/mol. The van der Waals surface area contributed by atoms with E-state index in [4.69, 9.17) is 9.47 Å². The Kier molecular flexibility index (Phi) is 6.35. The fraction of sp³-hybridized carbons (Fsp3) is 0.214. The zero-order chi connectivity index (χ0) is 26.0. The molecule has 9 heteroatoms. The molecule has 0 radical (unpaired) electrons. The van der Waals surface area contributed by atoms with Crippen molar-refractivity contribution in [2.75, 3.05) is 25.1 Å². The predicted octanol–water partition coefficient (Wildman–Crippen LogP) is 3.75. The zero-order valence-corrected chi connectivity index (χ0v) is 20.2. The number of nitrogens with one attached hydrogen (secondary N) is 2. The van der Waals surface area contributed by atoms with Crippen molar-refractivity contribution in [1.29, 1.82) is 0 Å². The average Bonchev–Trinajstić information content (AvgIpc) is 3.06. The van der Waals surface area contributed by atoms with E-state index >= 15 is 0 Å². The first-order chi connectivity index (χ1) is 17.8. The molecule has 0 saturated carbocycles. The number of hydrogen-bond acceptors (Lipinski definition) is 6. The molecule has 4 amide bonds. The number of carbonyl (C=O) groups is 4. The summed E-state index contributed by atoms with van der Waals surface area (Å²) in [6.07, 6.45) is 0.743. The number of imide groups is 1. The molecule has 1 saturated heterocycles. The average molecular weight is 500 g/mol. The van der Waals surface area contributed by atoms with E-state index in [1.54, 1.807) is 73.7 Å². The van der Waals surface area contributed by atoms with Crippen LogP contribution in [0.1, 0.15) is 39.6 Å². The number of benzene rings is 3. The SMILES string of the molecule is C[C@]1(c2ccc3c(c2)OCCCO3)NC(=O)N(CC(=O)c2ccc(NC(=O)c3ccccc3)cc2)C1=O. The molecule has 2 heterocycles. The molecule has 1 fully saturated rings. The molecule has 5 rings (SSSR count). The third-order valence-electron chi connectivity index (χ3n) is 6.40. The molecule has 37 heavy (non-hydrogen) atoms. The second-order valence-corrected chi connectivity index (χ2v) is 8.98. The second kappa shape index (κ2) is 9.77.